The molecule has 0 saturated carbocycles. The Morgan fingerprint density at radius 2 is 2.12 bits per heavy atom. The number of hydrogen-bond donors (Lipinski definition) is 1. The van der Waals surface area contributed by atoms with Crippen LogP contribution < -0.4 is 4.72 Å². The maximum atomic E-state index is 11.6. The summed E-state index contributed by atoms with van der Waals surface area (Å²) in [6, 6.07) is 7.52. The molecule has 0 amide bonds. The van der Waals surface area contributed by atoms with Crippen LogP contribution in [0.1, 0.15) is 12.5 Å². The average molecular weight is 250 g/mol. The van der Waals surface area contributed by atoms with Gasteiger partial charge in [-0.2, -0.15) is 0 Å². The predicted molar refractivity (Wildman–Crippen MR) is 69.6 cm³/mol. The molecule has 0 saturated heterocycles. The molecule has 2 rings (SSSR count). The highest BCUT2D eigenvalue weighted by Crippen LogP contribution is 2.24. The summed E-state index contributed by atoms with van der Waals surface area (Å²) in [5, 5.41) is 0.932. The number of anilines is 1. The topological polar surface area (TPSA) is 59.1 Å². The Labute approximate surface area is 101 Å². The Morgan fingerprint density at radius 3 is 2.82 bits per heavy atom. The fourth-order valence-corrected chi connectivity index (χ4v) is 2.29. The zero-order valence-corrected chi connectivity index (χ0v) is 10.6. The number of benzene rings is 1. The van der Waals surface area contributed by atoms with Crippen LogP contribution in [0.2, 0.25) is 0 Å². The second-order valence-corrected chi connectivity index (χ2v) is 5.90. The third-order valence-electron chi connectivity index (χ3n) is 2.49. The fraction of sp³-hybridized carbons (Fsp3) is 0.250. The van der Waals surface area contributed by atoms with Gasteiger partial charge in [-0.15, -0.1) is 0 Å². The zero-order valence-electron chi connectivity index (χ0n) is 9.77. The van der Waals surface area contributed by atoms with Crippen LogP contribution in [-0.4, -0.2) is 19.2 Å². The summed E-state index contributed by atoms with van der Waals surface area (Å²) in [6.07, 6.45) is 1.65. The molecule has 0 bridgehead atoms. The number of nitrogens with one attached hydrogen (secondary N) is 1. The standard InChI is InChI=1S/C12H14N2O2S/c1-3-17(15,16)14-11-8-9(2)7-10-5-4-6-13-12(10)11/h4-8,14H,3H2,1-2H3. The normalized spacial score (nSPS) is 11.6. The molecule has 1 heterocycles. The maximum Gasteiger partial charge on any atom is 0.232 e. The van der Waals surface area contributed by atoms with E-state index in [9.17, 15) is 8.42 Å². The molecule has 0 radical (unpaired) electrons. The van der Waals surface area contributed by atoms with Crippen LogP contribution in [0.3, 0.4) is 0 Å². The summed E-state index contributed by atoms with van der Waals surface area (Å²) in [6.45, 7) is 3.53. The molecule has 0 fully saturated rings. The minimum atomic E-state index is -3.27. The molecule has 5 heteroatoms. The van der Waals surface area contributed by atoms with Crippen molar-refractivity contribution in [1.82, 2.24) is 4.98 Å². The van der Waals surface area contributed by atoms with Crippen molar-refractivity contribution in [2.45, 2.75) is 13.8 Å². The molecule has 0 aliphatic rings. The van der Waals surface area contributed by atoms with Crippen LogP contribution in [0.4, 0.5) is 5.69 Å². The van der Waals surface area contributed by atoms with Crippen LogP contribution in [0.15, 0.2) is 30.5 Å². The predicted octanol–water partition coefficient (Wildman–Crippen LogP) is 2.30. The number of hydrogen-bond acceptors (Lipinski definition) is 3. The van der Waals surface area contributed by atoms with Gasteiger partial charge < -0.3 is 0 Å². The van der Waals surface area contributed by atoms with Gasteiger partial charge in [0.1, 0.15) is 0 Å². The number of rotatable bonds is 3. The lowest BCUT2D eigenvalue weighted by Crippen LogP contribution is -2.15. The molecule has 0 spiro atoms. The van der Waals surface area contributed by atoms with Crippen molar-refractivity contribution in [3.8, 4) is 0 Å². The van der Waals surface area contributed by atoms with E-state index >= 15 is 0 Å². The second-order valence-electron chi connectivity index (χ2n) is 3.89. The van der Waals surface area contributed by atoms with E-state index in [-0.39, 0.29) is 5.75 Å². The maximum absolute atomic E-state index is 11.6. The quantitative estimate of drug-likeness (QED) is 0.909. The van der Waals surface area contributed by atoms with E-state index in [4.69, 9.17) is 0 Å². The molecule has 2 aromatic rings. The molecule has 0 atom stereocenters. The molecule has 4 nitrogen and oxygen atoms in total. The molecule has 1 aromatic heterocycles. The van der Waals surface area contributed by atoms with E-state index < -0.39 is 10.0 Å². The first kappa shape index (κ1) is 11.9. The number of aromatic nitrogens is 1. The Balaban J connectivity index is 2.60. The number of fused-ring (bicyclic) bond motifs is 1. The number of sulfonamides is 1. The van der Waals surface area contributed by atoms with Crippen molar-refractivity contribution in [1.29, 1.82) is 0 Å². The van der Waals surface area contributed by atoms with Gasteiger partial charge in [0.2, 0.25) is 10.0 Å². The Bertz CT molecular complexity index is 651. The summed E-state index contributed by atoms with van der Waals surface area (Å²) < 4.78 is 25.7. The lowest BCUT2D eigenvalue weighted by molar-refractivity contribution is 0.602. The van der Waals surface area contributed by atoms with Crippen LogP contribution in [0.5, 0.6) is 0 Å². The van der Waals surface area contributed by atoms with Gasteiger partial charge in [-0.05, 0) is 37.6 Å². The van der Waals surface area contributed by atoms with Crippen LogP contribution >= 0.6 is 0 Å². The molecular weight excluding hydrogens is 236 g/mol. The first-order valence-electron chi connectivity index (χ1n) is 5.38. The Kier molecular flexibility index (Phi) is 3.02. The van der Waals surface area contributed by atoms with E-state index in [1.54, 1.807) is 19.2 Å². The molecule has 1 N–H and O–H groups in total. The van der Waals surface area contributed by atoms with Crippen molar-refractivity contribution in [2.24, 2.45) is 0 Å². The van der Waals surface area contributed by atoms with Gasteiger partial charge in [-0.1, -0.05) is 6.07 Å². The number of pyridine rings is 1. The zero-order chi connectivity index (χ0) is 12.5. The fourth-order valence-electron chi connectivity index (χ4n) is 1.66. The van der Waals surface area contributed by atoms with Crippen molar-refractivity contribution < 1.29 is 8.42 Å². The number of nitrogens with zero attached hydrogens (tertiary/aromatic N) is 1. The minimum Gasteiger partial charge on any atom is -0.281 e. The van der Waals surface area contributed by atoms with Gasteiger partial charge >= 0.3 is 0 Å². The molecule has 0 aliphatic carbocycles. The Morgan fingerprint density at radius 1 is 1.35 bits per heavy atom. The molecule has 1 aromatic carbocycles. The first-order valence-corrected chi connectivity index (χ1v) is 7.03. The van der Waals surface area contributed by atoms with Gasteiger partial charge in [-0.3, -0.25) is 9.71 Å². The lowest BCUT2D eigenvalue weighted by Gasteiger charge is -2.09. The van der Waals surface area contributed by atoms with Crippen molar-refractivity contribution in [3.05, 3.63) is 36.0 Å². The second kappa shape index (κ2) is 4.33. The molecule has 90 valence electrons. The first-order chi connectivity index (χ1) is 8.02. The van der Waals surface area contributed by atoms with Crippen molar-refractivity contribution in [2.75, 3.05) is 10.5 Å². The SMILES string of the molecule is CCS(=O)(=O)Nc1cc(C)cc2cccnc12. The molecule has 0 aliphatic heterocycles. The number of aryl methyl sites for hydroxylation is 1. The summed E-state index contributed by atoms with van der Waals surface area (Å²) in [4.78, 5) is 4.21. The van der Waals surface area contributed by atoms with Gasteiger partial charge in [-0.25, -0.2) is 8.42 Å². The lowest BCUT2D eigenvalue weighted by atomic mass is 10.1. The largest absolute Gasteiger partial charge is 0.281 e. The van der Waals surface area contributed by atoms with E-state index in [0.717, 1.165) is 10.9 Å². The smallest absolute Gasteiger partial charge is 0.232 e. The summed E-state index contributed by atoms with van der Waals surface area (Å²) in [5.41, 5.74) is 2.22. The van der Waals surface area contributed by atoms with Gasteiger partial charge in [0.15, 0.2) is 0 Å². The monoisotopic (exact) mass is 250 g/mol. The Hall–Kier alpha value is -1.62. The van der Waals surface area contributed by atoms with Crippen molar-refractivity contribution in [3.63, 3.8) is 0 Å². The summed E-state index contributed by atoms with van der Waals surface area (Å²) in [5.74, 6) is 0.0509. The van der Waals surface area contributed by atoms with Gasteiger partial charge in [0.25, 0.3) is 0 Å². The molecule has 0 unspecified atom stereocenters. The third-order valence-corrected chi connectivity index (χ3v) is 3.79. The average Bonchev–Trinajstić information content (AvgIpc) is 2.28. The summed E-state index contributed by atoms with van der Waals surface area (Å²) in [7, 11) is -3.27. The highest BCUT2D eigenvalue weighted by molar-refractivity contribution is 7.92. The van der Waals surface area contributed by atoms with Gasteiger partial charge in [0.05, 0.1) is 17.0 Å². The molecule has 17 heavy (non-hydrogen) atoms. The van der Waals surface area contributed by atoms with Crippen LogP contribution in [0.25, 0.3) is 10.9 Å². The van der Waals surface area contributed by atoms with Crippen molar-refractivity contribution >= 4 is 26.6 Å². The van der Waals surface area contributed by atoms with Crippen LogP contribution in [-0.2, 0) is 10.0 Å². The van der Waals surface area contributed by atoms with E-state index in [1.807, 2.05) is 25.1 Å². The minimum absolute atomic E-state index is 0.0509. The summed E-state index contributed by atoms with van der Waals surface area (Å²) >= 11 is 0. The van der Waals surface area contributed by atoms with E-state index in [0.29, 0.717) is 11.2 Å². The highest BCUT2D eigenvalue weighted by Gasteiger charge is 2.10. The van der Waals surface area contributed by atoms with E-state index in [2.05, 4.69) is 9.71 Å². The van der Waals surface area contributed by atoms with E-state index in [1.165, 1.54) is 0 Å². The molecular formula is C12H14N2O2S. The van der Waals surface area contributed by atoms with Gasteiger partial charge in [0, 0.05) is 11.6 Å². The highest BCUT2D eigenvalue weighted by atomic mass is 32.2. The third kappa shape index (κ3) is 2.55. The van der Waals surface area contributed by atoms with Crippen LogP contribution in [0, 0.1) is 6.92 Å².